The largest absolute Gasteiger partial charge is 0.460 e. The van der Waals surface area contributed by atoms with Crippen LogP contribution >= 0.6 is 0 Å². The van der Waals surface area contributed by atoms with E-state index >= 15 is 0 Å². The second-order valence-corrected chi connectivity index (χ2v) is 2.00. The van der Waals surface area contributed by atoms with Crippen molar-refractivity contribution in [2.45, 2.75) is 6.92 Å². The molecule has 5 nitrogen and oxygen atoms in total. The maximum Gasteiger partial charge on any atom is 0.374 e. The summed E-state index contributed by atoms with van der Waals surface area (Å²) in [5.74, 6) is -0.681. The highest BCUT2D eigenvalue weighted by Gasteiger charge is 2.07. The molecule has 1 rings (SSSR count). The van der Waals surface area contributed by atoms with Crippen LogP contribution in [0.15, 0.2) is 17.1 Å². The van der Waals surface area contributed by atoms with Gasteiger partial charge in [0.05, 0.1) is 6.61 Å². The molecule has 0 aliphatic heterocycles. The lowest BCUT2D eigenvalue weighted by Crippen LogP contribution is -2.15. The quantitative estimate of drug-likeness (QED) is 0.628. The van der Waals surface area contributed by atoms with Gasteiger partial charge in [-0.25, -0.2) is 9.78 Å². The Morgan fingerprint density at radius 1 is 1.75 bits per heavy atom. The number of carbonyl (C=O) groups excluding carboxylic acids is 1. The zero-order valence-electron chi connectivity index (χ0n) is 6.53. The number of rotatable bonds is 2. The zero-order valence-corrected chi connectivity index (χ0v) is 6.53. The summed E-state index contributed by atoms with van der Waals surface area (Å²) in [6, 6.07) is 1.22. The third-order valence-electron chi connectivity index (χ3n) is 1.14. The third-order valence-corrected chi connectivity index (χ3v) is 1.14. The second kappa shape index (κ2) is 3.66. The van der Waals surface area contributed by atoms with E-state index in [9.17, 15) is 9.59 Å². The lowest BCUT2D eigenvalue weighted by atomic mass is 10.5. The van der Waals surface area contributed by atoms with Crippen molar-refractivity contribution in [1.29, 1.82) is 0 Å². The molecule has 12 heavy (non-hydrogen) atoms. The van der Waals surface area contributed by atoms with Crippen LogP contribution in [0.25, 0.3) is 0 Å². The van der Waals surface area contributed by atoms with Gasteiger partial charge in [0.1, 0.15) is 0 Å². The fraction of sp³-hybridized carbons (Fsp3) is 0.286. The molecule has 1 N–H and O–H groups in total. The zero-order chi connectivity index (χ0) is 8.97. The molecule has 0 fully saturated rings. The Labute approximate surface area is 68.4 Å². The van der Waals surface area contributed by atoms with E-state index in [-0.39, 0.29) is 18.0 Å². The first-order valence-electron chi connectivity index (χ1n) is 3.46. The molecule has 64 valence electrons. The van der Waals surface area contributed by atoms with Gasteiger partial charge in [0.15, 0.2) is 0 Å². The summed E-state index contributed by atoms with van der Waals surface area (Å²) in [6.45, 7) is 1.94. The summed E-state index contributed by atoms with van der Waals surface area (Å²) in [5.41, 5.74) is -0.368. The van der Waals surface area contributed by atoms with E-state index in [1.807, 2.05) is 0 Å². The van der Waals surface area contributed by atoms with Crippen molar-refractivity contribution in [3.8, 4) is 0 Å². The van der Waals surface area contributed by atoms with Crippen molar-refractivity contribution in [2.24, 2.45) is 0 Å². The molecular formula is C7H8N2O3. The van der Waals surface area contributed by atoms with Gasteiger partial charge in [-0.1, -0.05) is 0 Å². The van der Waals surface area contributed by atoms with Crippen LogP contribution in [-0.2, 0) is 4.74 Å². The number of carbonyl (C=O) groups is 1. The minimum Gasteiger partial charge on any atom is -0.460 e. The van der Waals surface area contributed by atoms with Gasteiger partial charge in [-0.05, 0) is 6.92 Å². The van der Waals surface area contributed by atoms with Crippen molar-refractivity contribution in [3.05, 3.63) is 28.4 Å². The van der Waals surface area contributed by atoms with E-state index < -0.39 is 5.97 Å². The van der Waals surface area contributed by atoms with E-state index in [2.05, 4.69) is 14.7 Å². The molecule has 0 saturated heterocycles. The van der Waals surface area contributed by atoms with Crippen molar-refractivity contribution in [2.75, 3.05) is 6.61 Å². The molecule has 0 atom stereocenters. The average molecular weight is 168 g/mol. The molecule has 1 aromatic rings. The van der Waals surface area contributed by atoms with E-state index in [4.69, 9.17) is 0 Å². The summed E-state index contributed by atoms with van der Waals surface area (Å²) < 4.78 is 4.61. The first kappa shape index (κ1) is 8.45. The number of hydrogen-bond donors (Lipinski definition) is 1. The first-order chi connectivity index (χ1) is 5.74. The second-order valence-electron chi connectivity index (χ2n) is 2.00. The smallest absolute Gasteiger partial charge is 0.374 e. The van der Waals surface area contributed by atoms with Gasteiger partial charge >= 0.3 is 5.97 Å². The normalized spacial score (nSPS) is 9.42. The van der Waals surface area contributed by atoms with Gasteiger partial charge in [-0.3, -0.25) is 4.79 Å². The Bertz CT molecular complexity index is 331. The molecular weight excluding hydrogens is 160 g/mol. The summed E-state index contributed by atoms with van der Waals surface area (Å²) in [7, 11) is 0. The van der Waals surface area contributed by atoms with E-state index in [1.165, 1.54) is 12.3 Å². The van der Waals surface area contributed by atoms with Gasteiger partial charge in [0, 0.05) is 12.3 Å². The van der Waals surface area contributed by atoms with Crippen LogP contribution in [0.4, 0.5) is 0 Å². The molecule has 0 aliphatic carbocycles. The topological polar surface area (TPSA) is 72.0 Å². The van der Waals surface area contributed by atoms with Crippen LogP contribution in [0.3, 0.4) is 0 Å². The number of nitrogens with zero attached hydrogens (tertiary/aromatic N) is 1. The Morgan fingerprint density at radius 2 is 2.50 bits per heavy atom. The number of H-pyrrole nitrogens is 1. The van der Waals surface area contributed by atoms with Gasteiger partial charge in [-0.2, -0.15) is 0 Å². The maximum absolute atomic E-state index is 10.9. The molecule has 0 aromatic carbocycles. The van der Waals surface area contributed by atoms with Crippen LogP contribution in [0, 0.1) is 0 Å². The maximum atomic E-state index is 10.9. The van der Waals surface area contributed by atoms with Gasteiger partial charge < -0.3 is 9.72 Å². The molecule has 0 unspecified atom stereocenters. The summed E-state index contributed by atoms with van der Waals surface area (Å²) in [6.07, 6.45) is 1.26. The van der Waals surface area contributed by atoms with Crippen LogP contribution in [0.1, 0.15) is 17.5 Å². The average Bonchev–Trinajstić information content (AvgIpc) is 2.05. The minimum absolute atomic E-state index is 0.0654. The molecule has 0 bridgehead atoms. The molecule has 0 saturated carbocycles. The summed E-state index contributed by atoms with van der Waals surface area (Å²) >= 11 is 0. The molecule has 0 spiro atoms. The van der Waals surface area contributed by atoms with Crippen molar-refractivity contribution in [3.63, 3.8) is 0 Å². The van der Waals surface area contributed by atoms with E-state index in [0.29, 0.717) is 0 Å². The Hall–Kier alpha value is -1.65. The molecule has 0 radical (unpaired) electrons. The van der Waals surface area contributed by atoms with Crippen LogP contribution in [0.2, 0.25) is 0 Å². The van der Waals surface area contributed by atoms with E-state index in [0.717, 1.165) is 0 Å². The lowest BCUT2D eigenvalue weighted by Gasteiger charge is -1.98. The van der Waals surface area contributed by atoms with Crippen LogP contribution < -0.4 is 5.56 Å². The number of aromatic nitrogens is 2. The Kier molecular flexibility index (Phi) is 2.57. The number of nitrogens with one attached hydrogen (secondary N) is 1. The molecule has 5 heteroatoms. The Morgan fingerprint density at radius 3 is 3.08 bits per heavy atom. The summed E-state index contributed by atoms with van der Waals surface area (Å²) in [5, 5.41) is 0. The highest BCUT2D eigenvalue weighted by molar-refractivity contribution is 5.84. The molecule has 1 aromatic heterocycles. The molecule has 0 amide bonds. The SMILES string of the molecule is CCOC(=O)c1nccc(=O)[nH]1. The summed E-state index contributed by atoms with van der Waals surface area (Å²) in [4.78, 5) is 27.5. The van der Waals surface area contributed by atoms with Crippen molar-refractivity contribution >= 4 is 5.97 Å². The fourth-order valence-corrected chi connectivity index (χ4v) is 0.673. The molecule has 0 aliphatic rings. The first-order valence-corrected chi connectivity index (χ1v) is 3.46. The van der Waals surface area contributed by atoms with Crippen molar-refractivity contribution in [1.82, 2.24) is 9.97 Å². The fourth-order valence-electron chi connectivity index (χ4n) is 0.673. The van der Waals surface area contributed by atoms with Crippen LogP contribution in [-0.4, -0.2) is 22.5 Å². The highest BCUT2D eigenvalue weighted by atomic mass is 16.5. The number of aromatic amines is 1. The number of ether oxygens (including phenoxy) is 1. The van der Waals surface area contributed by atoms with E-state index in [1.54, 1.807) is 6.92 Å². The monoisotopic (exact) mass is 168 g/mol. The standard InChI is InChI=1S/C7H8N2O3/c1-2-12-7(11)6-8-4-3-5(10)9-6/h3-4H,2H2,1H3,(H,8,9,10). The number of esters is 1. The lowest BCUT2D eigenvalue weighted by molar-refractivity contribution is 0.0511. The highest BCUT2D eigenvalue weighted by Crippen LogP contribution is 1.88. The predicted molar refractivity (Wildman–Crippen MR) is 40.8 cm³/mol. The van der Waals surface area contributed by atoms with Crippen molar-refractivity contribution < 1.29 is 9.53 Å². The van der Waals surface area contributed by atoms with Gasteiger partial charge in [0.25, 0.3) is 5.56 Å². The predicted octanol–water partition coefficient (Wildman–Crippen LogP) is -0.0534. The van der Waals surface area contributed by atoms with Gasteiger partial charge in [-0.15, -0.1) is 0 Å². The number of hydrogen-bond acceptors (Lipinski definition) is 4. The van der Waals surface area contributed by atoms with Crippen LogP contribution in [0.5, 0.6) is 0 Å². The minimum atomic E-state index is -0.616. The Balaban J connectivity index is 2.88. The van der Waals surface area contributed by atoms with Gasteiger partial charge in [0.2, 0.25) is 5.82 Å². The molecule has 1 heterocycles. The third kappa shape index (κ3) is 1.91.